The number of unbranched alkanes of at least 4 members (excludes halogenated alkanes) is 1. The van der Waals surface area contributed by atoms with E-state index in [0.717, 1.165) is 64.4 Å². The van der Waals surface area contributed by atoms with Gasteiger partial charge in [-0.15, -0.1) is 0 Å². The van der Waals surface area contributed by atoms with E-state index in [9.17, 15) is 4.39 Å². The molecule has 0 atom stereocenters. The first kappa shape index (κ1) is 30.3. The molecule has 1 aliphatic rings. The van der Waals surface area contributed by atoms with Crippen LogP contribution >= 0.6 is 0 Å². The number of hydrogen-bond donors (Lipinski definition) is 0. The molecule has 0 bridgehead atoms. The third-order valence-electron chi connectivity index (χ3n) is 7.86. The van der Waals surface area contributed by atoms with Crippen LogP contribution in [0.15, 0.2) is 91.0 Å². The van der Waals surface area contributed by atoms with E-state index >= 15 is 4.39 Å². The van der Waals surface area contributed by atoms with Crippen LogP contribution in [0, 0.1) is 11.6 Å². The maximum atomic E-state index is 15.4. The minimum atomic E-state index is -0.636. The number of benzene rings is 4. The molecule has 1 aromatic heterocycles. The molecule has 8 heteroatoms. The Bertz CT molecular complexity index is 1760. The van der Waals surface area contributed by atoms with Crippen molar-refractivity contribution < 1.29 is 23.0 Å². The van der Waals surface area contributed by atoms with E-state index in [-0.39, 0.29) is 12.4 Å². The summed E-state index contributed by atoms with van der Waals surface area (Å²) in [5.74, 6) is 1.77. The van der Waals surface area contributed by atoms with Crippen molar-refractivity contribution in [2.75, 3.05) is 13.4 Å². The Morgan fingerprint density at radius 1 is 0.822 bits per heavy atom. The Balaban J connectivity index is 1.46. The molecule has 0 amide bonds. The van der Waals surface area contributed by atoms with Crippen molar-refractivity contribution in [3.05, 3.63) is 119 Å². The molecule has 232 valence electrons. The highest BCUT2D eigenvalue weighted by Crippen LogP contribution is 2.35. The van der Waals surface area contributed by atoms with E-state index in [1.165, 1.54) is 12.1 Å². The topological polar surface area (TPSA) is 48.8 Å². The number of fused-ring (bicyclic) bond motifs is 1. The second-order valence-corrected chi connectivity index (χ2v) is 11.1. The summed E-state index contributed by atoms with van der Waals surface area (Å²) < 4.78 is 48.7. The van der Waals surface area contributed by atoms with Crippen LogP contribution in [0.2, 0.25) is 0 Å². The Morgan fingerprint density at radius 3 is 2.40 bits per heavy atom. The van der Waals surface area contributed by atoms with Gasteiger partial charge in [0.05, 0.1) is 18.0 Å². The zero-order valence-corrected chi connectivity index (χ0v) is 25.6. The quantitative estimate of drug-likeness (QED) is 0.134. The van der Waals surface area contributed by atoms with Gasteiger partial charge in [-0.05, 0) is 60.9 Å². The summed E-state index contributed by atoms with van der Waals surface area (Å²) >= 11 is 0. The van der Waals surface area contributed by atoms with Crippen molar-refractivity contribution in [1.82, 2.24) is 14.5 Å². The van der Waals surface area contributed by atoms with Crippen molar-refractivity contribution in [2.24, 2.45) is 0 Å². The minimum Gasteiger partial charge on any atom is -0.494 e. The molecule has 4 aromatic carbocycles. The molecule has 0 aliphatic carbocycles. The molecule has 5 aromatic rings. The first-order chi connectivity index (χ1) is 22.0. The molecular weight excluding hydrogens is 572 g/mol. The number of ether oxygens (including phenoxy) is 3. The van der Waals surface area contributed by atoms with Crippen LogP contribution in [0.5, 0.6) is 17.2 Å². The second kappa shape index (κ2) is 13.9. The fourth-order valence-corrected chi connectivity index (χ4v) is 5.74. The fraction of sp³-hybridized carbons (Fsp3) is 0.270. The minimum absolute atomic E-state index is 0.207. The van der Waals surface area contributed by atoms with Gasteiger partial charge in [-0.2, -0.15) is 0 Å². The largest absolute Gasteiger partial charge is 0.494 e. The SMILES string of the molecule is CCCCn1c(-c2ccccc2)nc(-c2ccc(F)cc2F)c1CN(Cc1cccc(OCC)c1)Cc1ccc2c(c1)OCO2. The van der Waals surface area contributed by atoms with Gasteiger partial charge in [-0.1, -0.05) is 61.9 Å². The van der Waals surface area contributed by atoms with Crippen LogP contribution in [0.1, 0.15) is 43.5 Å². The molecule has 0 spiro atoms. The highest BCUT2D eigenvalue weighted by Gasteiger charge is 2.25. The summed E-state index contributed by atoms with van der Waals surface area (Å²) in [4.78, 5) is 7.37. The predicted molar refractivity (Wildman–Crippen MR) is 171 cm³/mol. The van der Waals surface area contributed by atoms with E-state index in [2.05, 4.69) is 28.5 Å². The van der Waals surface area contributed by atoms with Crippen molar-refractivity contribution in [3.63, 3.8) is 0 Å². The summed E-state index contributed by atoms with van der Waals surface area (Å²) in [5.41, 5.74) is 4.74. The summed E-state index contributed by atoms with van der Waals surface area (Å²) in [6.45, 7) is 7.26. The molecule has 0 saturated heterocycles. The van der Waals surface area contributed by atoms with E-state index in [1.54, 1.807) is 0 Å². The Morgan fingerprint density at radius 2 is 1.62 bits per heavy atom. The third kappa shape index (κ3) is 7.02. The zero-order valence-electron chi connectivity index (χ0n) is 25.6. The number of imidazole rings is 1. The monoisotopic (exact) mass is 609 g/mol. The highest BCUT2D eigenvalue weighted by molar-refractivity contribution is 5.69. The number of halogens is 2. The molecule has 0 radical (unpaired) electrons. The molecule has 6 nitrogen and oxygen atoms in total. The molecule has 0 unspecified atom stereocenters. The van der Waals surface area contributed by atoms with E-state index in [4.69, 9.17) is 19.2 Å². The molecular formula is C37H37F2N3O3. The summed E-state index contributed by atoms with van der Waals surface area (Å²) in [6, 6.07) is 27.7. The number of nitrogens with zero attached hydrogens (tertiary/aromatic N) is 3. The third-order valence-corrected chi connectivity index (χ3v) is 7.86. The molecule has 2 heterocycles. The average molecular weight is 610 g/mol. The number of hydrogen-bond acceptors (Lipinski definition) is 5. The smallest absolute Gasteiger partial charge is 0.231 e. The molecule has 0 fully saturated rings. The van der Waals surface area contributed by atoms with Gasteiger partial charge in [-0.3, -0.25) is 4.90 Å². The van der Waals surface area contributed by atoms with E-state index in [1.807, 2.05) is 67.6 Å². The van der Waals surface area contributed by atoms with Crippen LogP contribution in [0.3, 0.4) is 0 Å². The van der Waals surface area contributed by atoms with Crippen LogP contribution in [-0.2, 0) is 26.2 Å². The van der Waals surface area contributed by atoms with Crippen LogP contribution in [0.4, 0.5) is 8.78 Å². The summed E-state index contributed by atoms with van der Waals surface area (Å²) in [6.07, 6.45) is 1.91. The Kier molecular flexibility index (Phi) is 9.41. The van der Waals surface area contributed by atoms with Crippen molar-refractivity contribution in [3.8, 4) is 39.9 Å². The summed E-state index contributed by atoms with van der Waals surface area (Å²) in [5, 5.41) is 0. The van der Waals surface area contributed by atoms with Crippen molar-refractivity contribution >= 4 is 0 Å². The van der Waals surface area contributed by atoms with Crippen LogP contribution < -0.4 is 14.2 Å². The lowest BCUT2D eigenvalue weighted by Gasteiger charge is -2.25. The van der Waals surface area contributed by atoms with Crippen molar-refractivity contribution in [2.45, 2.75) is 52.9 Å². The van der Waals surface area contributed by atoms with Crippen LogP contribution in [-0.4, -0.2) is 27.9 Å². The van der Waals surface area contributed by atoms with E-state index in [0.29, 0.717) is 38.5 Å². The predicted octanol–water partition coefficient (Wildman–Crippen LogP) is 8.63. The van der Waals surface area contributed by atoms with Gasteiger partial charge in [0.2, 0.25) is 6.79 Å². The van der Waals surface area contributed by atoms with Gasteiger partial charge < -0.3 is 18.8 Å². The molecule has 6 rings (SSSR count). The normalized spacial score (nSPS) is 12.2. The molecule has 0 N–H and O–H groups in total. The van der Waals surface area contributed by atoms with Gasteiger partial charge in [0.1, 0.15) is 23.2 Å². The van der Waals surface area contributed by atoms with Gasteiger partial charge in [-0.25, -0.2) is 13.8 Å². The van der Waals surface area contributed by atoms with Gasteiger partial charge in [0.25, 0.3) is 0 Å². The number of rotatable bonds is 13. The van der Waals surface area contributed by atoms with Crippen molar-refractivity contribution in [1.29, 1.82) is 0 Å². The maximum absolute atomic E-state index is 15.4. The molecule has 1 aliphatic heterocycles. The average Bonchev–Trinajstić information content (AvgIpc) is 3.65. The second-order valence-electron chi connectivity index (χ2n) is 11.1. The summed E-state index contributed by atoms with van der Waals surface area (Å²) in [7, 11) is 0. The first-order valence-corrected chi connectivity index (χ1v) is 15.4. The Hall–Kier alpha value is -4.69. The molecule has 45 heavy (non-hydrogen) atoms. The standard InChI is InChI=1S/C37H37F2N3O3/c1-3-5-18-42-33(36(31-16-15-29(38)21-32(31)39)40-37(42)28-11-7-6-8-12-28)24-41(22-26-10-9-13-30(19-26)43-4-2)23-27-14-17-34-35(20-27)45-25-44-34/h6-17,19-21H,3-5,18,22-25H2,1-2H3. The van der Waals surface area contributed by atoms with Gasteiger partial charge >= 0.3 is 0 Å². The van der Waals surface area contributed by atoms with Gasteiger partial charge in [0, 0.05) is 43.4 Å². The van der Waals surface area contributed by atoms with Crippen LogP contribution in [0.25, 0.3) is 22.6 Å². The molecule has 0 saturated carbocycles. The number of aromatic nitrogens is 2. The van der Waals surface area contributed by atoms with E-state index < -0.39 is 11.6 Å². The fourth-order valence-electron chi connectivity index (χ4n) is 5.74. The lowest BCUT2D eigenvalue weighted by molar-refractivity contribution is 0.174. The lowest BCUT2D eigenvalue weighted by atomic mass is 10.1. The lowest BCUT2D eigenvalue weighted by Crippen LogP contribution is -2.24. The first-order valence-electron chi connectivity index (χ1n) is 15.4. The highest BCUT2D eigenvalue weighted by atomic mass is 19.1. The maximum Gasteiger partial charge on any atom is 0.231 e. The Labute approximate surface area is 262 Å². The zero-order chi connectivity index (χ0) is 31.2. The van der Waals surface area contributed by atoms with Gasteiger partial charge in [0.15, 0.2) is 11.5 Å².